The molecule has 2 N–H and O–H groups in total. The van der Waals surface area contributed by atoms with Gasteiger partial charge < -0.3 is 0 Å². The molecule has 0 fully saturated rings. The van der Waals surface area contributed by atoms with Crippen LogP contribution in [0.2, 0.25) is 5.02 Å². The normalized spacial score (nSPS) is 11.1. The Morgan fingerprint density at radius 2 is 2.10 bits per heavy atom. The van der Waals surface area contributed by atoms with Crippen molar-refractivity contribution in [2.75, 3.05) is 5.43 Å². The molecule has 0 bridgehead atoms. The highest BCUT2D eigenvalue weighted by Gasteiger charge is 2.03. The van der Waals surface area contributed by atoms with Gasteiger partial charge in [0.15, 0.2) is 0 Å². The number of anilines is 1. The van der Waals surface area contributed by atoms with E-state index in [1.807, 2.05) is 35.7 Å². The van der Waals surface area contributed by atoms with Crippen molar-refractivity contribution in [3.63, 3.8) is 0 Å². The molecule has 0 radical (unpaired) electrons. The summed E-state index contributed by atoms with van der Waals surface area (Å²) < 4.78 is 0. The van der Waals surface area contributed by atoms with Crippen LogP contribution in [0, 0.1) is 0 Å². The van der Waals surface area contributed by atoms with Crippen molar-refractivity contribution in [3.8, 4) is 11.3 Å². The van der Waals surface area contributed by atoms with Crippen LogP contribution < -0.4 is 5.43 Å². The number of hydrogen-bond donors (Lipinski definition) is 2. The molecule has 0 aliphatic carbocycles. The number of thiazole rings is 1. The van der Waals surface area contributed by atoms with Gasteiger partial charge in [0.1, 0.15) is 0 Å². The minimum Gasteiger partial charge on any atom is -0.277 e. The first-order valence-corrected chi connectivity index (χ1v) is 7.07. The van der Waals surface area contributed by atoms with Gasteiger partial charge in [-0.2, -0.15) is 10.2 Å². The number of nitrogens with one attached hydrogen (secondary N) is 2. The monoisotopic (exact) mass is 303 g/mol. The Balaban J connectivity index is 1.69. The molecule has 0 unspecified atom stereocenters. The summed E-state index contributed by atoms with van der Waals surface area (Å²) in [6.07, 6.45) is 3.32. The van der Waals surface area contributed by atoms with E-state index in [4.69, 9.17) is 11.6 Å². The summed E-state index contributed by atoms with van der Waals surface area (Å²) in [5.41, 5.74) is 5.63. The summed E-state index contributed by atoms with van der Waals surface area (Å²) in [6, 6.07) is 9.40. The Kier molecular flexibility index (Phi) is 3.76. The minimum atomic E-state index is 0.714. The molecule has 5 nitrogen and oxygen atoms in total. The smallest absolute Gasteiger partial charge is 0.203 e. The lowest BCUT2D eigenvalue weighted by Crippen LogP contribution is -1.90. The molecule has 3 rings (SSSR count). The molecule has 0 spiro atoms. The zero-order chi connectivity index (χ0) is 13.8. The number of hydrogen-bond acceptors (Lipinski definition) is 5. The molecule has 0 saturated heterocycles. The molecule has 0 saturated carbocycles. The van der Waals surface area contributed by atoms with Crippen LogP contribution in [0.4, 0.5) is 5.13 Å². The lowest BCUT2D eigenvalue weighted by molar-refractivity contribution is 1.08. The van der Waals surface area contributed by atoms with Gasteiger partial charge in [-0.1, -0.05) is 23.7 Å². The molecular weight excluding hydrogens is 294 g/mol. The fourth-order valence-corrected chi connectivity index (χ4v) is 2.37. The average molecular weight is 304 g/mol. The van der Waals surface area contributed by atoms with Crippen molar-refractivity contribution in [1.29, 1.82) is 0 Å². The number of H-pyrrole nitrogens is 1. The van der Waals surface area contributed by atoms with E-state index in [2.05, 4.69) is 25.7 Å². The minimum absolute atomic E-state index is 0.714. The van der Waals surface area contributed by atoms with Crippen LogP contribution in [-0.2, 0) is 0 Å². The lowest BCUT2D eigenvalue weighted by Gasteiger charge is -1.96. The quantitative estimate of drug-likeness (QED) is 0.571. The zero-order valence-electron chi connectivity index (χ0n) is 10.2. The predicted octanol–water partition coefficient (Wildman–Crippen LogP) is 3.63. The van der Waals surface area contributed by atoms with E-state index < -0.39 is 0 Å². The second-order valence-corrected chi connectivity index (χ2v) is 5.22. The number of aromatic amines is 1. The Morgan fingerprint density at radius 1 is 1.25 bits per heavy atom. The van der Waals surface area contributed by atoms with Gasteiger partial charge in [0.2, 0.25) is 5.13 Å². The standard InChI is InChI=1S/C13H10ClN5S/c14-10-3-1-9(2-4-10)12-8-20-13(17-12)19-16-7-11-5-6-15-18-11/h1-8H,(H,15,18)(H,17,19)/b16-7-. The van der Waals surface area contributed by atoms with Crippen LogP contribution in [0.3, 0.4) is 0 Å². The van der Waals surface area contributed by atoms with E-state index in [0.717, 1.165) is 22.1 Å². The van der Waals surface area contributed by atoms with Gasteiger partial charge >= 0.3 is 0 Å². The molecule has 0 atom stereocenters. The van der Waals surface area contributed by atoms with E-state index in [1.165, 1.54) is 11.3 Å². The van der Waals surface area contributed by atoms with Crippen molar-refractivity contribution in [1.82, 2.24) is 15.2 Å². The van der Waals surface area contributed by atoms with Crippen LogP contribution in [0.5, 0.6) is 0 Å². The SMILES string of the molecule is Clc1ccc(-c2csc(N/N=C\c3ccn[nH]3)n2)cc1. The van der Waals surface area contributed by atoms with E-state index in [1.54, 1.807) is 12.4 Å². The second-order valence-electron chi connectivity index (χ2n) is 3.93. The Morgan fingerprint density at radius 3 is 2.85 bits per heavy atom. The van der Waals surface area contributed by atoms with Gasteiger partial charge in [0.05, 0.1) is 17.6 Å². The van der Waals surface area contributed by atoms with Crippen LogP contribution in [0.15, 0.2) is 47.0 Å². The molecule has 7 heteroatoms. The van der Waals surface area contributed by atoms with Gasteiger partial charge in [-0.3, -0.25) is 10.5 Å². The number of aromatic nitrogens is 3. The van der Waals surface area contributed by atoms with Gasteiger partial charge in [-0.15, -0.1) is 11.3 Å². The molecule has 1 aromatic carbocycles. The summed E-state index contributed by atoms with van der Waals surface area (Å²) in [5, 5.41) is 14.1. The predicted molar refractivity (Wildman–Crippen MR) is 82.4 cm³/mol. The van der Waals surface area contributed by atoms with Gasteiger partial charge in [-0.25, -0.2) is 4.98 Å². The molecule has 100 valence electrons. The third-order valence-corrected chi connectivity index (χ3v) is 3.53. The molecule has 3 aromatic rings. The van der Waals surface area contributed by atoms with Crippen LogP contribution in [0.1, 0.15) is 5.69 Å². The molecule has 0 aliphatic rings. The Labute approximate surface area is 124 Å². The van der Waals surface area contributed by atoms with Crippen LogP contribution in [-0.4, -0.2) is 21.4 Å². The Bertz CT molecular complexity index is 703. The maximum Gasteiger partial charge on any atom is 0.203 e. The molecular formula is C13H10ClN5S. The summed E-state index contributed by atoms with van der Waals surface area (Å²) in [4.78, 5) is 4.45. The first kappa shape index (κ1) is 12.8. The van der Waals surface area contributed by atoms with Crippen LogP contribution in [0.25, 0.3) is 11.3 Å². The maximum absolute atomic E-state index is 5.86. The molecule has 2 heterocycles. The highest BCUT2D eigenvalue weighted by molar-refractivity contribution is 7.14. The summed E-state index contributed by atoms with van der Waals surface area (Å²) in [7, 11) is 0. The van der Waals surface area contributed by atoms with Crippen molar-refractivity contribution >= 4 is 34.3 Å². The molecule has 2 aromatic heterocycles. The van der Waals surface area contributed by atoms with Gasteiger partial charge in [0, 0.05) is 22.2 Å². The van der Waals surface area contributed by atoms with Crippen molar-refractivity contribution in [2.45, 2.75) is 0 Å². The average Bonchev–Trinajstić information content (AvgIpc) is 3.11. The molecule has 0 amide bonds. The fraction of sp³-hybridized carbons (Fsp3) is 0. The number of benzene rings is 1. The van der Waals surface area contributed by atoms with E-state index >= 15 is 0 Å². The summed E-state index contributed by atoms with van der Waals surface area (Å²) in [5.74, 6) is 0. The number of rotatable bonds is 4. The number of nitrogens with zero attached hydrogens (tertiary/aromatic N) is 3. The first-order chi connectivity index (χ1) is 9.81. The van der Waals surface area contributed by atoms with E-state index in [9.17, 15) is 0 Å². The van der Waals surface area contributed by atoms with Crippen molar-refractivity contribution < 1.29 is 0 Å². The van der Waals surface area contributed by atoms with Gasteiger partial charge in [0.25, 0.3) is 0 Å². The van der Waals surface area contributed by atoms with E-state index in [0.29, 0.717) is 5.02 Å². The van der Waals surface area contributed by atoms with Crippen molar-refractivity contribution in [3.05, 3.63) is 52.6 Å². The van der Waals surface area contributed by atoms with E-state index in [-0.39, 0.29) is 0 Å². The third-order valence-electron chi connectivity index (χ3n) is 2.53. The Hall–Kier alpha value is -2.18. The number of halogens is 1. The second kappa shape index (κ2) is 5.85. The molecule has 20 heavy (non-hydrogen) atoms. The third kappa shape index (κ3) is 3.04. The summed E-state index contributed by atoms with van der Waals surface area (Å²) >= 11 is 7.36. The maximum atomic E-state index is 5.86. The molecule has 0 aliphatic heterocycles. The van der Waals surface area contributed by atoms with Crippen molar-refractivity contribution in [2.24, 2.45) is 5.10 Å². The zero-order valence-corrected chi connectivity index (χ0v) is 11.8. The topological polar surface area (TPSA) is 66.0 Å². The number of hydrazone groups is 1. The van der Waals surface area contributed by atoms with Crippen LogP contribution >= 0.6 is 22.9 Å². The highest BCUT2D eigenvalue weighted by Crippen LogP contribution is 2.25. The highest BCUT2D eigenvalue weighted by atomic mass is 35.5. The lowest BCUT2D eigenvalue weighted by atomic mass is 10.2. The first-order valence-electron chi connectivity index (χ1n) is 5.81. The summed E-state index contributed by atoms with van der Waals surface area (Å²) in [6.45, 7) is 0. The van der Waals surface area contributed by atoms with Gasteiger partial charge in [-0.05, 0) is 18.2 Å². The largest absolute Gasteiger partial charge is 0.277 e. The fourth-order valence-electron chi connectivity index (χ4n) is 1.57.